The number of alkyl halides is 1. The molecule has 3 heteroatoms. The topological polar surface area (TPSA) is 26.3 Å². The maximum absolute atomic E-state index is 11.4. The van der Waals surface area contributed by atoms with Crippen molar-refractivity contribution >= 4 is 21.9 Å². The number of hydrogen-bond acceptors (Lipinski definition) is 2. The van der Waals surface area contributed by atoms with Crippen LogP contribution in [0, 0.1) is 0 Å². The zero-order chi connectivity index (χ0) is 13.3. The Morgan fingerprint density at radius 2 is 1.83 bits per heavy atom. The van der Waals surface area contributed by atoms with Crippen LogP contribution >= 0.6 is 15.9 Å². The molecular weight excluding hydrogens is 292 g/mol. The van der Waals surface area contributed by atoms with Crippen LogP contribution in [0.1, 0.15) is 50.8 Å². The number of carbonyl (C=O) groups is 1. The molecule has 0 bridgehead atoms. The Labute approximate surface area is 117 Å². The number of rotatable bonds is 1. The van der Waals surface area contributed by atoms with E-state index in [2.05, 4.69) is 61.0 Å². The summed E-state index contributed by atoms with van der Waals surface area (Å²) in [5.41, 5.74) is 2.51. The smallest absolute Gasteiger partial charge is 0.306 e. The van der Waals surface area contributed by atoms with Gasteiger partial charge in [-0.1, -0.05) is 61.0 Å². The molecule has 18 heavy (non-hydrogen) atoms. The fourth-order valence-corrected chi connectivity index (χ4v) is 2.77. The second-order valence-electron chi connectivity index (χ2n) is 5.84. The first-order valence-electron chi connectivity index (χ1n) is 6.32. The number of carbonyl (C=O) groups excluding carboxylic acids is 1. The van der Waals surface area contributed by atoms with Crippen molar-refractivity contribution < 1.29 is 9.53 Å². The minimum absolute atomic E-state index is 0.101. The summed E-state index contributed by atoms with van der Waals surface area (Å²) in [4.78, 5) is 11.6. The van der Waals surface area contributed by atoms with Crippen LogP contribution in [-0.4, -0.2) is 10.8 Å². The molecule has 0 N–H and O–H groups in total. The van der Waals surface area contributed by atoms with Crippen LogP contribution in [0.5, 0.6) is 0 Å². The molecule has 1 saturated heterocycles. The van der Waals surface area contributed by atoms with Crippen LogP contribution < -0.4 is 0 Å². The predicted octanol–water partition coefficient (Wildman–Crippen LogP) is 4.13. The molecule has 1 aromatic rings. The van der Waals surface area contributed by atoms with Crippen molar-refractivity contribution in [3.63, 3.8) is 0 Å². The second-order valence-corrected chi connectivity index (χ2v) is 7.01. The third-order valence-electron chi connectivity index (χ3n) is 3.32. The van der Waals surface area contributed by atoms with E-state index in [9.17, 15) is 4.79 Å². The number of ether oxygens (including phenoxy) is 1. The van der Waals surface area contributed by atoms with Gasteiger partial charge in [0.15, 0.2) is 0 Å². The highest BCUT2D eigenvalue weighted by atomic mass is 79.9. The first-order chi connectivity index (χ1) is 8.38. The van der Waals surface area contributed by atoms with E-state index < -0.39 is 0 Å². The van der Waals surface area contributed by atoms with E-state index in [-0.39, 0.29) is 22.3 Å². The summed E-state index contributed by atoms with van der Waals surface area (Å²) < 4.78 is 5.42. The normalized spacial score (nSPS) is 24.8. The molecule has 2 atom stereocenters. The quantitative estimate of drug-likeness (QED) is 0.576. The van der Waals surface area contributed by atoms with Gasteiger partial charge in [-0.2, -0.15) is 0 Å². The molecule has 98 valence electrons. The lowest BCUT2D eigenvalue weighted by atomic mass is 9.86. The summed E-state index contributed by atoms with van der Waals surface area (Å²) in [6, 6.07) is 8.38. The molecule has 0 aromatic heterocycles. The van der Waals surface area contributed by atoms with Gasteiger partial charge >= 0.3 is 5.97 Å². The molecule has 0 amide bonds. The Hall–Kier alpha value is -0.830. The highest BCUT2D eigenvalue weighted by Gasteiger charge is 2.30. The van der Waals surface area contributed by atoms with Crippen molar-refractivity contribution in [2.24, 2.45) is 0 Å². The lowest BCUT2D eigenvalue weighted by Crippen LogP contribution is -2.26. The number of halogens is 1. The van der Waals surface area contributed by atoms with Gasteiger partial charge in [0.25, 0.3) is 0 Å². The molecule has 2 nitrogen and oxygen atoms in total. The highest BCUT2D eigenvalue weighted by molar-refractivity contribution is 9.09. The molecule has 0 saturated carbocycles. The maximum Gasteiger partial charge on any atom is 0.306 e. The van der Waals surface area contributed by atoms with E-state index in [1.165, 1.54) is 5.56 Å². The minimum atomic E-state index is -0.153. The summed E-state index contributed by atoms with van der Waals surface area (Å²) in [5.74, 6) is -0.101. The molecule has 1 aromatic carbocycles. The summed E-state index contributed by atoms with van der Waals surface area (Å²) in [6.07, 6.45) is 1.19. The van der Waals surface area contributed by atoms with E-state index in [1.54, 1.807) is 0 Å². The van der Waals surface area contributed by atoms with Crippen LogP contribution in [-0.2, 0) is 14.9 Å². The SMILES string of the molecule is CC(C)(C)c1ccc([C@@H]2OC(=O)CC[C@H]2Br)cc1. The van der Waals surface area contributed by atoms with E-state index in [4.69, 9.17) is 4.74 Å². The van der Waals surface area contributed by atoms with E-state index >= 15 is 0 Å². The van der Waals surface area contributed by atoms with Gasteiger partial charge in [0.2, 0.25) is 0 Å². The summed E-state index contributed by atoms with van der Waals surface area (Å²) >= 11 is 3.60. The Kier molecular flexibility index (Phi) is 3.81. The molecule has 2 rings (SSSR count). The third-order valence-corrected chi connectivity index (χ3v) is 4.25. The van der Waals surface area contributed by atoms with Crippen LogP contribution in [0.15, 0.2) is 24.3 Å². The lowest BCUT2D eigenvalue weighted by Gasteiger charge is -2.28. The number of esters is 1. The third kappa shape index (κ3) is 2.94. The molecular formula is C15H19BrO2. The van der Waals surface area contributed by atoms with E-state index in [0.717, 1.165) is 12.0 Å². The van der Waals surface area contributed by atoms with Gasteiger partial charge < -0.3 is 4.74 Å². The fraction of sp³-hybridized carbons (Fsp3) is 0.533. The van der Waals surface area contributed by atoms with Crippen LogP contribution in [0.2, 0.25) is 0 Å². The van der Waals surface area contributed by atoms with Crippen molar-refractivity contribution in [1.82, 2.24) is 0 Å². The van der Waals surface area contributed by atoms with Gasteiger partial charge in [0, 0.05) is 6.42 Å². The van der Waals surface area contributed by atoms with Gasteiger partial charge in [-0.3, -0.25) is 4.79 Å². The average Bonchev–Trinajstić information content (AvgIpc) is 2.31. The predicted molar refractivity (Wildman–Crippen MR) is 75.9 cm³/mol. The van der Waals surface area contributed by atoms with Crippen molar-refractivity contribution in [2.75, 3.05) is 0 Å². The lowest BCUT2D eigenvalue weighted by molar-refractivity contribution is -0.153. The Morgan fingerprint density at radius 1 is 1.22 bits per heavy atom. The largest absolute Gasteiger partial charge is 0.456 e. The first kappa shape index (κ1) is 13.6. The minimum Gasteiger partial charge on any atom is -0.456 e. The zero-order valence-corrected chi connectivity index (χ0v) is 12.7. The molecule has 1 heterocycles. The first-order valence-corrected chi connectivity index (χ1v) is 7.23. The molecule has 1 aliphatic heterocycles. The molecule has 0 unspecified atom stereocenters. The molecule has 0 aliphatic carbocycles. The monoisotopic (exact) mass is 310 g/mol. The zero-order valence-electron chi connectivity index (χ0n) is 11.1. The summed E-state index contributed by atoms with van der Waals surface area (Å²) in [5, 5.41) is 0. The molecule has 1 fully saturated rings. The van der Waals surface area contributed by atoms with Crippen LogP contribution in [0.25, 0.3) is 0 Å². The maximum atomic E-state index is 11.4. The van der Waals surface area contributed by atoms with Gasteiger partial charge in [-0.25, -0.2) is 0 Å². The van der Waals surface area contributed by atoms with Gasteiger partial charge in [-0.15, -0.1) is 0 Å². The van der Waals surface area contributed by atoms with Crippen molar-refractivity contribution in [2.45, 2.75) is 50.0 Å². The fourth-order valence-electron chi connectivity index (χ4n) is 2.13. The van der Waals surface area contributed by atoms with Gasteiger partial charge in [0.1, 0.15) is 6.10 Å². The van der Waals surface area contributed by atoms with E-state index in [1.807, 2.05) is 0 Å². The van der Waals surface area contributed by atoms with Crippen LogP contribution in [0.4, 0.5) is 0 Å². The van der Waals surface area contributed by atoms with Gasteiger partial charge in [0.05, 0.1) is 4.83 Å². The van der Waals surface area contributed by atoms with Crippen molar-refractivity contribution in [1.29, 1.82) is 0 Å². The van der Waals surface area contributed by atoms with E-state index in [0.29, 0.717) is 6.42 Å². The number of cyclic esters (lactones) is 1. The second kappa shape index (κ2) is 5.04. The highest BCUT2D eigenvalue weighted by Crippen LogP contribution is 2.34. The Balaban J connectivity index is 2.21. The van der Waals surface area contributed by atoms with Gasteiger partial charge in [-0.05, 0) is 23.0 Å². The molecule has 0 radical (unpaired) electrons. The number of hydrogen-bond donors (Lipinski definition) is 0. The van der Waals surface area contributed by atoms with Crippen molar-refractivity contribution in [3.05, 3.63) is 35.4 Å². The average molecular weight is 311 g/mol. The van der Waals surface area contributed by atoms with Crippen LogP contribution in [0.3, 0.4) is 0 Å². The molecule has 1 aliphatic rings. The Morgan fingerprint density at radius 3 is 2.39 bits per heavy atom. The Bertz CT molecular complexity index is 431. The number of benzene rings is 1. The summed E-state index contributed by atoms with van der Waals surface area (Å²) in [7, 11) is 0. The molecule has 0 spiro atoms. The standard InChI is InChI=1S/C15H19BrO2/c1-15(2,3)11-6-4-10(5-7-11)14-12(16)8-9-13(17)18-14/h4-7,12,14H,8-9H2,1-3H3/t12-,14+/m1/s1. The van der Waals surface area contributed by atoms with Crippen molar-refractivity contribution in [3.8, 4) is 0 Å². The summed E-state index contributed by atoms with van der Waals surface area (Å²) in [6.45, 7) is 6.57.